The number of hydrogen-bond acceptors (Lipinski definition) is 2. The fourth-order valence-electron chi connectivity index (χ4n) is 1.99. The molecular formula is C16H12ClF3N2O2. The van der Waals surface area contributed by atoms with Crippen LogP contribution in [0, 0.1) is 0 Å². The lowest BCUT2D eigenvalue weighted by Gasteiger charge is -2.15. The van der Waals surface area contributed by atoms with E-state index in [4.69, 9.17) is 11.6 Å². The lowest BCUT2D eigenvalue weighted by atomic mass is 10.1. The van der Waals surface area contributed by atoms with E-state index in [0.29, 0.717) is 5.02 Å². The van der Waals surface area contributed by atoms with Gasteiger partial charge in [0.2, 0.25) is 5.91 Å². The molecule has 2 N–H and O–H groups in total. The fourth-order valence-corrected chi connectivity index (χ4v) is 2.18. The molecule has 24 heavy (non-hydrogen) atoms. The predicted molar refractivity (Wildman–Crippen MR) is 85.2 cm³/mol. The predicted octanol–water partition coefficient (Wildman–Crippen LogP) is 4.57. The first-order valence-corrected chi connectivity index (χ1v) is 7.10. The normalized spacial score (nSPS) is 11.0. The molecule has 0 heterocycles. The summed E-state index contributed by atoms with van der Waals surface area (Å²) in [6, 6.07) is 8.94. The van der Waals surface area contributed by atoms with Crippen LogP contribution in [0.5, 0.6) is 0 Å². The average molecular weight is 357 g/mol. The second kappa shape index (κ2) is 6.92. The largest absolute Gasteiger partial charge is 0.418 e. The summed E-state index contributed by atoms with van der Waals surface area (Å²) in [6.07, 6.45) is -4.70. The molecule has 0 aliphatic heterocycles. The number of nitrogens with one attached hydrogen (secondary N) is 2. The molecule has 2 aromatic carbocycles. The molecule has 0 radical (unpaired) electrons. The van der Waals surface area contributed by atoms with E-state index in [0.717, 1.165) is 12.1 Å². The van der Waals surface area contributed by atoms with E-state index in [-0.39, 0.29) is 11.3 Å². The second-order valence-electron chi connectivity index (χ2n) is 4.90. The van der Waals surface area contributed by atoms with Crippen molar-refractivity contribution in [1.82, 2.24) is 0 Å². The van der Waals surface area contributed by atoms with Gasteiger partial charge in [-0.2, -0.15) is 13.2 Å². The molecule has 2 rings (SSSR count). The van der Waals surface area contributed by atoms with Crippen LogP contribution in [0.15, 0.2) is 42.5 Å². The molecular weight excluding hydrogens is 345 g/mol. The Kier molecular flexibility index (Phi) is 5.14. The Balaban J connectivity index is 2.35. The Morgan fingerprint density at radius 3 is 2.33 bits per heavy atom. The summed E-state index contributed by atoms with van der Waals surface area (Å²) in [5.74, 6) is -1.23. The SMILES string of the molecule is CC(=O)Nc1ccc(NC(=O)c2cccc(Cl)c2)c(C(F)(F)F)c1. The molecule has 0 aliphatic carbocycles. The zero-order chi connectivity index (χ0) is 17.9. The summed E-state index contributed by atoms with van der Waals surface area (Å²) in [4.78, 5) is 23.1. The highest BCUT2D eigenvalue weighted by atomic mass is 35.5. The minimum absolute atomic E-state index is 0.0180. The second-order valence-corrected chi connectivity index (χ2v) is 5.34. The third kappa shape index (κ3) is 4.48. The van der Waals surface area contributed by atoms with E-state index in [1.54, 1.807) is 6.07 Å². The van der Waals surface area contributed by atoms with Gasteiger partial charge in [-0.05, 0) is 36.4 Å². The molecule has 0 spiro atoms. The molecule has 126 valence electrons. The molecule has 4 nitrogen and oxygen atoms in total. The number of anilines is 2. The molecule has 0 aromatic heterocycles. The van der Waals surface area contributed by atoms with Gasteiger partial charge in [0.1, 0.15) is 0 Å². The number of carbonyl (C=O) groups excluding carboxylic acids is 2. The lowest BCUT2D eigenvalue weighted by Crippen LogP contribution is -2.17. The van der Waals surface area contributed by atoms with Crippen molar-refractivity contribution in [2.45, 2.75) is 13.1 Å². The van der Waals surface area contributed by atoms with Crippen LogP contribution in [0.1, 0.15) is 22.8 Å². The summed E-state index contributed by atoms with van der Waals surface area (Å²) in [5.41, 5.74) is -1.37. The van der Waals surface area contributed by atoms with Crippen LogP contribution in [-0.4, -0.2) is 11.8 Å². The first-order chi connectivity index (χ1) is 11.2. The van der Waals surface area contributed by atoms with E-state index in [1.165, 1.54) is 31.2 Å². The molecule has 0 saturated heterocycles. The van der Waals surface area contributed by atoms with Gasteiger partial charge in [0.25, 0.3) is 5.91 Å². The quantitative estimate of drug-likeness (QED) is 0.846. The van der Waals surface area contributed by atoms with E-state index in [9.17, 15) is 22.8 Å². The summed E-state index contributed by atoms with van der Waals surface area (Å²) in [6.45, 7) is 1.18. The van der Waals surface area contributed by atoms with E-state index >= 15 is 0 Å². The van der Waals surface area contributed by atoms with Crippen LogP contribution >= 0.6 is 11.6 Å². The molecule has 0 bridgehead atoms. The summed E-state index contributed by atoms with van der Waals surface area (Å²) < 4.78 is 39.6. The van der Waals surface area contributed by atoms with Crippen LogP contribution in [0.25, 0.3) is 0 Å². The number of benzene rings is 2. The van der Waals surface area contributed by atoms with Gasteiger partial charge in [-0.3, -0.25) is 9.59 Å². The van der Waals surface area contributed by atoms with Gasteiger partial charge in [0.15, 0.2) is 0 Å². The van der Waals surface area contributed by atoms with Crippen molar-refractivity contribution >= 4 is 34.8 Å². The smallest absolute Gasteiger partial charge is 0.326 e. The Bertz CT molecular complexity index is 791. The molecule has 0 saturated carbocycles. The van der Waals surface area contributed by atoms with Crippen molar-refractivity contribution < 1.29 is 22.8 Å². The van der Waals surface area contributed by atoms with Gasteiger partial charge < -0.3 is 10.6 Å². The van der Waals surface area contributed by atoms with Gasteiger partial charge in [-0.25, -0.2) is 0 Å². The molecule has 8 heteroatoms. The first-order valence-electron chi connectivity index (χ1n) is 6.72. The van der Waals surface area contributed by atoms with Crippen molar-refractivity contribution in [3.05, 3.63) is 58.6 Å². The van der Waals surface area contributed by atoms with Crippen LogP contribution in [0.2, 0.25) is 5.02 Å². The molecule has 0 fully saturated rings. The van der Waals surface area contributed by atoms with E-state index in [1.807, 2.05) is 0 Å². The third-order valence-electron chi connectivity index (χ3n) is 2.98. The molecule has 0 aliphatic rings. The Morgan fingerprint density at radius 1 is 1.04 bits per heavy atom. The first kappa shape index (κ1) is 17.8. The Morgan fingerprint density at radius 2 is 1.75 bits per heavy atom. The van der Waals surface area contributed by atoms with Gasteiger partial charge in [0, 0.05) is 23.2 Å². The van der Waals surface area contributed by atoms with Crippen LogP contribution in [0.4, 0.5) is 24.5 Å². The Labute approximate surface area is 140 Å². The van der Waals surface area contributed by atoms with Gasteiger partial charge in [-0.15, -0.1) is 0 Å². The third-order valence-corrected chi connectivity index (χ3v) is 3.22. The number of rotatable bonds is 3. The standard InChI is InChI=1S/C16H12ClF3N2O2/c1-9(23)21-12-5-6-14(13(8-12)16(18,19)20)22-15(24)10-3-2-4-11(17)7-10/h2-8H,1H3,(H,21,23)(H,22,24). The van der Waals surface area contributed by atoms with Gasteiger partial charge in [-0.1, -0.05) is 17.7 Å². The maximum Gasteiger partial charge on any atom is 0.418 e. The summed E-state index contributed by atoms with van der Waals surface area (Å²) >= 11 is 5.76. The van der Waals surface area contributed by atoms with E-state index < -0.39 is 29.2 Å². The molecule has 2 amide bonds. The fraction of sp³-hybridized carbons (Fsp3) is 0.125. The highest BCUT2D eigenvalue weighted by Crippen LogP contribution is 2.36. The number of halogens is 4. The van der Waals surface area contributed by atoms with Crippen molar-refractivity contribution in [1.29, 1.82) is 0 Å². The monoisotopic (exact) mass is 356 g/mol. The topological polar surface area (TPSA) is 58.2 Å². The number of carbonyl (C=O) groups is 2. The highest BCUT2D eigenvalue weighted by molar-refractivity contribution is 6.31. The van der Waals surface area contributed by atoms with Gasteiger partial charge in [0.05, 0.1) is 11.3 Å². The minimum atomic E-state index is -4.70. The molecule has 0 atom stereocenters. The van der Waals surface area contributed by atoms with E-state index in [2.05, 4.69) is 10.6 Å². The highest BCUT2D eigenvalue weighted by Gasteiger charge is 2.34. The zero-order valence-corrected chi connectivity index (χ0v) is 13.1. The van der Waals surface area contributed by atoms with Gasteiger partial charge >= 0.3 is 6.18 Å². The summed E-state index contributed by atoms with van der Waals surface area (Å²) in [5, 5.41) is 4.77. The van der Waals surface area contributed by atoms with Crippen LogP contribution in [-0.2, 0) is 11.0 Å². The molecule has 2 aromatic rings. The van der Waals surface area contributed by atoms with Crippen molar-refractivity contribution in [3.63, 3.8) is 0 Å². The number of amides is 2. The lowest BCUT2D eigenvalue weighted by molar-refractivity contribution is -0.137. The summed E-state index contributed by atoms with van der Waals surface area (Å²) in [7, 11) is 0. The number of hydrogen-bond donors (Lipinski definition) is 2. The maximum absolute atomic E-state index is 13.2. The zero-order valence-electron chi connectivity index (χ0n) is 12.4. The Hall–Kier alpha value is -2.54. The molecule has 0 unspecified atom stereocenters. The number of alkyl halides is 3. The maximum atomic E-state index is 13.2. The van der Waals surface area contributed by atoms with Crippen LogP contribution in [0.3, 0.4) is 0 Å². The average Bonchev–Trinajstić information content (AvgIpc) is 2.47. The van der Waals surface area contributed by atoms with Crippen molar-refractivity contribution in [2.24, 2.45) is 0 Å². The minimum Gasteiger partial charge on any atom is -0.326 e. The van der Waals surface area contributed by atoms with Crippen LogP contribution < -0.4 is 10.6 Å². The van der Waals surface area contributed by atoms with Crippen molar-refractivity contribution in [3.8, 4) is 0 Å². The van der Waals surface area contributed by atoms with Crippen molar-refractivity contribution in [2.75, 3.05) is 10.6 Å².